The molecule has 2 fully saturated rings. The Bertz CT molecular complexity index is 358. The lowest BCUT2D eigenvalue weighted by atomic mass is 9.85. The second kappa shape index (κ2) is 3.17. The van der Waals surface area contributed by atoms with Crippen LogP contribution in [0.1, 0.15) is 13.3 Å². The Balaban J connectivity index is 1.89. The molecule has 0 aromatic carbocycles. The SMILES string of the molecule is C[C@H](O)CN1C(=O)[C@@H]2[C@@H](C1=O)[C@H]1C=C[C@H]2C1. The van der Waals surface area contributed by atoms with Gasteiger partial charge < -0.3 is 5.11 Å². The zero-order valence-electron chi connectivity index (χ0n) is 9.17. The lowest BCUT2D eigenvalue weighted by Crippen LogP contribution is -2.38. The number of likely N-dealkylation sites (tertiary alicyclic amines) is 1. The van der Waals surface area contributed by atoms with Gasteiger partial charge in [0.1, 0.15) is 0 Å². The third-order valence-electron chi connectivity index (χ3n) is 4.01. The lowest BCUT2D eigenvalue weighted by Gasteiger charge is -2.18. The van der Waals surface area contributed by atoms with Crippen molar-refractivity contribution < 1.29 is 14.7 Å². The van der Waals surface area contributed by atoms with Gasteiger partial charge >= 0.3 is 0 Å². The lowest BCUT2D eigenvalue weighted by molar-refractivity contribution is -0.142. The summed E-state index contributed by atoms with van der Waals surface area (Å²) in [6.45, 7) is 1.74. The molecule has 3 aliphatic rings. The topological polar surface area (TPSA) is 57.6 Å². The van der Waals surface area contributed by atoms with Gasteiger partial charge in [-0.05, 0) is 25.2 Å². The number of amides is 2. The number of allylic oxidation sites excluding steroid dienone is 2. The maximum absolute atomic E-state index is 12.1. The van der Waals surface area contributed by atoms with Gasteiger partial charge in [-0.1, -0.05) is 12.2 Å². The predicted octanol–water partition coefficient (Wildman–Crippen LogP) is 0.174. The van der Waals surface area contributed by atoms with E-state index in [1.54, 1.807) is 6.92 Å². The molecule has 1 N–H and O–H groups in total. The van der Waals surface area contributed by atoms with Crippen molar-refractivity contribution in [2.75, 3.05) is 6.54 Å². The third kappa shape index (κ3) is 1.13. The van der Waals surface area contributed by atoms with Crippen LogP contribution in [0.5, 0.6) is 0 Å². The summed E-state index contributed by atoms with van der Waals surface area (Å²) in [4.78, 5) is 25.4. The van der Waals surface area contributed by atoms with E-state index >= 15 is 0 Å². The monoisotopic (exact) mass is 221 g/mol. The van der Waals surface area contributed by atoms with Crippen molar-refractivity contribution in [1.29, 1.82) is 0 Å². The molecule has 1 heterocycles. The number of aliphatic hydroxyl groups excluding tert-OH is 1. The molecular weight excluding hydrogens is 206 g/mol. The Hall–Kier alpha value is -1.16. The Morgan fingerprint density at radius 3 is 2.25 bits per heavy atom. The van der Waals surface area contributed by atoms with Crippen molar-refractivity contribution in [3.63, 3.8) is 0 Å². The van der Waals surface area contributed by atoms with Crippen LogP contribution in [0, 0.1) is 23.7 Å². The highest BCUT2D eigenvalue weighted by Gasteiger charge is 2.59. The first-order valence-corrected chi connectivity index (χ1v) is 5.81. The summed E-state index contributed by atoms with van der Waals surface area (Å²) in [5.41, 5.74) is 0. The number of hydrogen-bond donors (Lipinski definition) is 1. The quantitative estimate of drug-likeness (QED) is 0.534. The van der Waals surface area contributed by atoms with Crippen LogP contribution in [-0.4, -0.2) is 34.5 Å². The van der Waals surface area contributed by atoms with E-state index in [0.29, 0.717) is 0 Å². The summed E-state index contributed by atoms with van der Waals surface area (Å²) in [5, 5.41) is 9.30. The second-order valence-electron chi connectivity index (χ2n) is 5.14. The minimum Gasteiger partial charge on any atom is -0.392 e. The maximum atomic E-state index is 12.1. The molecule has 0 unspecified atom stereocenters. The van der Waals surface area contributed by atoms with Gasteiger partial charge in [0.05, 0.1) is 24.5 Å². The van der Waals surface area contributed by atoms with Crippen molar-refractivity contribution >= 4 is 11.8 Å². The number of β-amino-alcohol motifs (C(OH)–C–C–N with tert-alkyl or cyclic N) is 1. The number of carbonyl (C=O) groups excluding carboxylic acids is 2. The van der Waals surface area contributed by atoms with E-state index in [1.165, 1.54) is 4.90 Å². The molecule has 86 valence electrons. The standard InChI is InChI=1S/C12H15NO3/c1-6(14)5-13-11(15)9-7-2-3-8(4-7)10(9)12(13)16/h2-3,6-10,14H,4-5H2,1H3/t6-,7-,8-,9-,10-/m0/s1. The van der Waals surface area contributed by atoms with Crippen molar-refractivity contribution in [3.8, 4) is 0 Å². The van der Waals surface area contributed by atoms with Gasteiger partial charge in [-0.15, -0.1) is 0 Å². The molecule has 2 bridgehead atoms. The van der Waals surface area contributed by atoms with Crippen LogP contribution in [0.3, 0.4) is 0 Å². The van der Waals surface area contributed by atoms with Crippen molar-refractivity contribution in [1.82, 2.24) is 4.90 Å². The average molecular weight is 221 g/mol. The Morgan fingerprint density at radius 2 is 1.81 bits per heavy atom. The average Bonchev–Trinajstić information content (AvgIpc) is 2.87. The molecule has 4 nitrogen and oxygen atoms in total. The van der Waals surface area contributed by atoms with Gasteiger partial charge in [-0.25, -0.2) is 0 Å². The van der Waals surface area contributed by atoms with Crippen LogP contribution < -0.4 is 0 Å². The van der Waals surface area contributed by atoms with Crippen LogP contribution in [-0.2, 0) is 9.59 Å². The smallest absolute Gasteiger partial charge is 0.233 e. The maximum Gasteiger partial charge on any atom is 0.233 e. The van der Waals surface area contributed by atoms with Crippen LogP contribution in [0.15, 0.2) is 12.2 Å². The molecule has 4 heteroatoms. The van der Waals surface area contributed by atoms with Gasteiger partial charge in [0, 0.05) is 0 Å². The fraction of sp³-hybridized carbons (Fsp3) is 0.667. The molecule has 0 aromatic rings. The molecule has 16 heavy (non-hydrogen) atoms. The number of carbonyl (C=O) groups is 2. The number of imide groups is 1. The first-order chi connectivity index (χ1) is 7.59. The highest BCUT2D eigenvalue weighted by Crippen LogP contribution is 2.52. The van der Waals surface area contributed by atoms with Gasteiger partial charge in [-0.2, -0.15) is 0 Å². The summed E-state index contributed by atoms with van der Waals surface area (Å²) in [7, 11) is 0. The molecule has 1 saturated carbocycles. The minimum atomic E-state index is -0.641. The van der Waals surface area contributed by atoms with Gasteiger partial charge in [0.2, 0.25) is 11.8 Å². The Morgan fingerprint density at radius 1 is 1.31 bits per heavy atom. The third-order valence-corrected chi connectivity index (χ3v) is 4.01. The highest BCUT2D eigenvalue weighted by molar-refractivity contribution is 6.06. The van der Waals surface area contributed by atoms with E-state index in [2.05, 4.69) is 12.2 Å². The van der Waals surface area contributed by atoms with Gasteiger partial charge in [-0.3, -0.25) is 14.5 Å². The van der Waals surface area contributed by atoms with E-state index in [1.807, 2.05) is 0 Å². The molecule has 0 aromatic heterocycles. The predicted molar refractivity (Wildman–Crippen MR) is 56.1 cm³/mol. The summed E-state index contributed by atoms with van der Waals surface area (Å²) < 4.78 is 0. The molecule has 5 atom stereocenters. The number of rotatable bonds is 2. The van der Waals surface area contributed by atoms with E-state index in [0.717, 1.165) is 6.42 Å². The summed E-state index contributed by atoms with van der Waals surface area (Å²) in [6.07, 6.45) is 4.46. The summed E-state index contributed by atoms with van der Waals surface area (Å²) >= 11 is 0. The number of fused-ring (bicyclic) bond motifs is 5. The number of aliphatic hydroxyl groups is 1. The van der Waals surface area contributed by atoms with Crippen LogP contribution >= 0.6 is 0 Å². The molecular formula is C12H15NO3. The summed E-state index contributed by atoms with van der Waals surface area (Å²) in [5.74, 6) is 0.0823. The van der Waals surface area contributed by atoms with Crippen LogP contribution in [0.4, 0.5) is 0 Å². The van der Waals surface area contributed by atoms with Crippen molar-refractivity contribution in [3.05, 3.63) is 12.2 Å². The van der Waals surface area contributed by atoms with E-state index in [-0.39, 0.29) is 42.0 Å². The minimum absolute atomic E-state index is 0.0762. The molecule has 3 rings (SSSR count). The molecule has 1 aliphatic heterocycles. The fourth-order valence-corrected chi connectivity index (χ4v) is 3.41. The molecule has 2 aliphatic carbocycles. The van der Waals surface area contributed by atoms with Gasteiger partial charge in [0.25, 0.3) is 0 Å². The Kier molecular flexibility index (Phi) is 1.98. The first kappa shape index (κ1) is 10.0. The number of nitrogens with zero attached hydrogens (tertiary/aromatic N) is 1. The normalized spacial score (nSPS) is 42.0. The van der Waals surface area contributed by atoms with E-state index < -0.39 is 6.10 Å². The fourth-order valence-electron chi connectivity index (χ4n) is 3.41. The van der Waals surface area contributed by atoms with Crippen LogP contribution in [0.2, 0.25) is 0 Å². The van der Waals surface area contributed by atoms with Crippen molar-refractivity contribution in [2.45, 2.75) is 19.4 Å². The molecule has 0 radical (unpaired) electrons. The van der Waals surface area contributed by atoms with E-state index in [4.69, 9.17) is 0 Å². The van der Waals surface area contributed by atoms with Crippen LogP contribution in [0.25, 0.3) is 0 Å². The zero-order valence-corrected chi connectivity index (χ0v) is 9.17. The first-order valence-electron chi connectivity index (χ1n) is 5.81. The molecule has 1 saturated heterocycles. The second-order valence-corrected chi connectivity index (χ2v) is 5.14. The highest BCUT2D eigenvalue weighted by atomic mass is 16.3. The largest absolute Gasteiger partial charge is 0.392 e. The molecule has 2 amide bonds. The molecule has 0 spiro atoms. The van der Waals surface area contributed by atoms with Gasteiger partial charge in [0.15, 0.2) is 0 Å². The number of hydrogen-bond acceptors (Lipinski definition) is 3. The van der Waals surface area contributed by atoms with Crippen molar-refractivity contribution in [2.24, 2.45) is 23.7 Å². The Labute approximate surface area is 93.9 Å². The summed E-state index contributed by atoms with van der Waals surface area (Å²) in [6, 6.07) is 0. The van der Waals surface area contributed by atoms with E-state index in [9.17, 15) is 14.7 Å². The zero-order chi connectivity index (χ0) is 11.4.